The fourth-order valence-electron chi connectivity index (χ4n) is 4.55. The molecule has 1 aliphatic rings. The second-order valence-electron chi connectivity index (χ2n) is 8.50. The molecule has 188 valence electrons. The van der Waals surface area contributed by atoms with Crippen LogP contribution in [0.3, 0.4) is 0 Å². The number of likely N-dealkylation sites (N-methyl/N-ethyl adjacent to an activating group) is 1. The Morgan fingerprint density at radius 3 is 2.78 bits per heavy atom. The van der Waals surface area contributed by atoms with Crippen molar-refractivity contribution >= 4 is 39.0 Å². The number of ether oxygens (including phenoxy) is 1. The zero-order valence-corrected chi connectivity index (χ0v) is 20.6. The van der Waals surface area contributed by atoms with Crippen molar-refractivity contribution in [3.05, 3.63) is 47.7 Å². The van der Waals surface area contributed by atoms with Gasteiger partial charge in [0.25, 0.3) is 0 Å². The molecule has 1 aliphatic heterocycles. The van der Waals surface area contributed by atoms with Crippen LogP contribution in [0.25, 0.3) is 32.9 Å². The minimum atomic E-state index is -1.31. The fraction of sp³-hybridized carbons (Fsp3) is 0.292. The smallest absolute Gasteiger partial charge is 0.318 e. The predicted octanol–water partition coefficient (Wildman–Crippen LogP) is 2.98. The molecular weight excluding hydrogens is 490 g/mol. The highest BCUT2D eigenvalue weighted by molar-refractivity contribution is 7.87. The van der Waals surface area contributed by atoms with Crippen molar-refractivity contribution in [3.8, 4) is 23.0 Å². The summed E-state index contributed by atoms with van der Waals surface area (Å²) >= 11 is -1.31. The van der Waals surface area contributed by atoms with Crippen LogP contribution in [0.15, 0.2) is 30.5 Å². The number of hydrogen-bond acceptors (Lipinski definition) is 9. The monoisotopic (exact) mass is 514 g/mol. The van der Waals surface area contributed by atoms with E-state index in [4.69, 9.17) is 4.74 Å². The summed E-state index contributed by atoms with van der Waals surface area (Å²) < 4.78 is 53.3. The Balaban J connectivity index is 1.69. The Bertz CT molecular complexity index is 1470. The number of anilines is 1. The Kier molecular flexibility index (Phi) is 6.51. The first-order chi connectivity index (χ1) is 17.3. The Labute approximate surface area is 209 Å². The largest absolute Gasteiger partial charge is 0.579 e. The SMILES string of the molecule is CCc1c(F)ccc2cc(O)cc(-c3ncc4c(N(C)CC5CN[S+]([O-])N5)nc(OC)nc4c3F)c12. The maximum atomic E-state index is 16.1. The molecule has 4 aromatic rings. The molecule has 9 nitrogen and oxygen atoms in total. The maximum absolute atomic E-state index is 16.1. The van der Waals surface area contributed by atoms with Crippen molar-refractivity contribution in [3.63, 3.8) is 0 Å². The van der Waals surface area contributed by atoms with Gasteiger partial charge in [0.1, 0.15) is 40.1 Å². The average molecular weight is 515 g/mol. The normalized spacial score (nSPS) is 17.7. The number of aromatic nitrogens is 3. The lowest BCUT2D eigenvalue weighted by Gasteiger charge is -2.22. The standard InChI is InChI=1S/C24H24F2N6O3S/c1-4-15-18(25)6-5-12-7-14(33)8-16(19(12)15)21-20(26)22-17(10-27-21)23(30-24(29-22)35-3)32(2)11-13-9-28-36(34)31-13/h5-8,10,13,28,31,33H,4,9,11H2,1-3H3. The number of nitrogens with zero attached hydrogens (tertiary/aromatic N) is 4. The van der Waals surface area contributed by atoms with E-state index in [0.717, 1.165) is 0 Å². The molecule has 3 N–H and O–H groups in total. The highest BCUT2D eigenvalue weighted by Gasteiger charge is 2.28. The third kappa shape index (κ3) is 4.26. The lowest BCUT2D eigenvalue weighted by molar-refractivity contribution is 0.381. The first-order valence-electron chi connectivity index (χ1n) is 11.3. The summed E-state index contributed by atoms with van der Waals surface area (Å²) in [5.41, 5.74) is 0.562. The number of phenolic OH excluding ortho intramolecular Hbond substituents is 1. The lowest BCUT2D eigenvalue weighted by Crippen LogP contribution is -2.38. The van der Waals surface area contributed by atoms with E-state index >= 15 is 4.39 Å². The summed E-state index contributed by atoms with van der Waals surface area (Å²) in [6.07, 6.45) is 1.83. The summed E-state index contributed by atoms with van der Waals surface area (Å²) in [5, 5.41) is 11.7. The van der Waals surface area contributed by atoms with Crippen molar-refractivity contribution in [2.24, 2.45) is 0 Å². The highest BCUT2D eigenvalue weighted by Crippen LogP contribution is 2.38. The molecule has 2 aromatic heterocycles. The molecule has 12 heteroatoms. The number of fused-ring (bicyclic) bond motifs is 2. The average Bonchev–Trinajstić information content (AvgIpc) is 3.27. The van der Waals surface area contributed by atoms with Crippen LogP contribution < -0.4 is 19.1 Å². The molecule has 1 fully saturated rings. The quantitative estimate of drug-likeness (QED) is 0.334. The Hall–Kier alpha value is -3.32. The van der Waals surface area contributed by atoms with Crippen LogP contribution in [0.2, 0.25) is 0 Å². The van der Waals surface area contributed by atoms with Crippen LogP contribution in [0.1, 0.15) is 12.5 Å². The third-order valence-electron chi connectivity index (χ3n) is 6.18. The number of benzene rings is 2. The van der Waals surface area contributed by atoms with E-state index in [1.54, 1.807) is 18.0 Å². The van der Waals surface area contributed by atoms with E-state index in [1.807, 2.05) is 6.92 Å². The number of pyridine rings is 1. The zero-order chi connectivity index (χ0) is 25.6. The molecule has 5 rings (SSSR count). The number of hydrogen-bond donors (Lipinski definition) is 3. The number of aryl methyl sites for hydroxylation is 1. The van der Waals surface area contributed by atoms with Crippen LogP contribution in [-0.2, 0) is 18.0 Å². The number of phenols is 1. The van der Waals surface area contributed by atoms with Crippen molar-refractivity contribution < 1.29 is 23.2 Å². The molecule has 0 spiro atoms. The van der Waals surface area contributed by atoms with E-state index in [1.165, 1.54) is 31.5 Å². The van der Waals surface area contributed by atoms with Gasteiger partial charge in [0.05, 0.1) is 25.1 Å². The highest BCUT2D eigenvalue weighted by atomic mass is 32.2. The van der Waals surface area contributed by atoms with Crippen molar-refractivity contribution in [2.45, 2.75) is 19.4 Å². The van der Waals surface area contributed by atoms with Gasteiger partial charge in [-0.2, -0.15) is 9.97 Å². The minimum Gasteiger partial charge on any atom is -0.579 e. The molecule has 0 bridgehead atoms. The van der Waals surface area contributed by atoms with Gasteiger partial charge in [0.2, 0.25) is 0 Å². The molecule has 2 aromatic carbocycles. The summed E-state index contributed by atoms with van der Waals surface area (Å²) in [7, 11) is 3.16. The molecule has 0 amide bonds. The van der Waals surface area contributed by atoms with Gasteiger partial charge in [-0.3, -0.25) is 4.98 Å². The van der Waals surface area contributed by atoms with Gasteiger partial charge < -0.3 is 19.3 Å². The van der Waals surface area contributed by atoms with Crippen LogP contribution in [-0.4, -0.2) is 57.9 Å². The van der Waals surface area contributed by atoms with E-state index < -0.39 is 23.2 Å². The maximum Gasteiger partial charge on any atom is 0.318 e. The van der Waals surface area contributed by atoms with Gasteiger partial charge in [-0.05, 0) is 41.0 Å². The van der Waals surface area contributed by atoms with Crippen molar-refractivity contribution in [2.75, 3.05) is 32.1 Å². The second kappa shape index (κ2) is 9.62. The van der Waals surface area contributed by atoms with Crippen LogP contribution >= 0.6 is 0 Å². The first-order valence-corrected chi connectivity index (χ1v) is 12.4. The van der Waals surface area contributed by atoms with Gasteiger partial charge in [-0.1, -0.05) is 13.0 Å². The molecule has 36 heavy (non-hydrogen) atoms. The Morgan fingerprint density at radius 2 is 2.08 bits per heavy atom. The van der Waals surface area contributed by atoms with Gasteiger partial charge >= 0.3 is 6.01 Å². The third-order valence-corrected chi connectivity index (χ3v) is 7.15. The summed E-state index contributed by atoms with van der Waals surface area (Å²) in [6, 6.07) is 5.60. The fourth-order valence-corrected chi connectivity index (χ4v) is 5.45. The second-order valence-corrected chi connectivity index (χ2v) is 9.56. The lowest BCUT2D eigenvalue weighted by atomic mass is 9.94. The number of halogens is 2. The van der Waals surface area contributed by atoms with Gasteiger partial charge in [0.15, 0.2) is 5.82 Å². The van der Waals surface area contributed by atoms with Crippen LogP contribution in [0.5, 0.6) is 11.8 Å². The zero-order valence-electron chi connectivity index (χ0n) is 19.8. The minimum absolute atomic E-state index is 0.0271. The molecule has 0 radical (unpaired) electrons. The number of rotatable bonds is 6. The molecular formula is C24H24F2N6O3S. The summed E-state index contributed by atoms with van der Waals surface area (Å²) in [5.74, 6) is -0.872. The van der Waals surface area contributed by atoms with Gasteiger partial charge in [-0.25, -0.2) is 8.78 Å². The van der Waals surface area contributed by atoms with E-state index in [0.29, 0.717) is 47.1 Å². The summed E-state index contributed by atoms with van der Waals surface area (Å²) in [6.45, 7) is 2.73. The van der Waals surface area contributed by atoms with E-state index in [9.17, 15) is 14.0 Å². The molecule has 2 atom stereocenters. The molecule has 1 saturated heterocycles. The predicted molar refractivity (Wildman–Crippen MR) is 134 cm³/mol. The molecule has 3 heterocycles. The molecule has 0 aliphatic carbocycles. The number of aromatic hydroxyl groups is 1. The van der Waals surface area contributed by atoms with E-state index in [2.05, 4.69) is 24.4 Å². The van der Waals surface area contributed by atoms with E-state index in [-0.39, 0.29) is 34.6 Å². The van der Waals surface area contributed by atoms with Crippen molar-refractivity contribution in [1.29, 1.82) is 0 Å². The number of nitrogens with one attached hydrogen (secondary N) is 2. The topological polar surface area (TPSA) is 118 Å². The number of methoxy groups -OCH3 is 1. The van der Waals surface area contributed by atoms with Crippen LogP contribution in [0.4, 0.5) is 14.6 Å². The summed E-state index contributed by atoms with van der Waals surface area (Å²) in [4.78, 5) is 14.8. The van der Waals surface area contributed by atoms with Gasteiger partial charge in [0, 0.05) is 25.4 Å². The first kappa shape index (κ1) is 24.4. The molecule has 2 unspecified atom stereocenters. The Morgan fingerprint density at radius 1 is 1.28 bits per heavy atom. The van der Waals surface area contributed by atoms with Crippen molar-refractivity contribution in [1.82, 2.24) is 24.4 Å². The molecule has 0 saturated carbocycles. The van der Waals surface area contributed by atoms with Gasteiger partial charge in [-0.15, -0.1) is 9.44 Å². The van der Waals surface area contributed by atoms with Crippen LogP contribution in [0, 0.1) is 11.6 Å².